The minimum atomic E-state index is -2.86. The molecule has 0 aromatic rings. The summed E-state index contributed by atoms with van der Waals surface area (Å²) in [4.78, 5) is 11.5. The lowest BCUT2D eigenvalue weighted by Crippen LogP contribution is -2.13. The van der Waals surface area contributed by atoms with Crippen LogP contribution in [-0.4, -0.2) is 30.0 Å². The molecule has 1 saturated carbocycles. The number of carbonyl (C=O) groups is 1. The lowest BCUT2D eigenvalue weighted by molar-refractivity contribution is -0.132. The van der Waals surface area contributed by atoms with Crippen molar-refractivity contribution in [2.45, 2.75) is 58.8 Å². The zero-order valence-electron chi connectivity index (χ0n) is 13.3. The van der Waals surface area contributed by atoms with Gasteiger partial charge in [-0.05, 0) is 32.1 Å². The van der Waals surface area contributed by atoms with E-state index in [0.29, 0.717) is 18.7 Å². The van der Waals surface area contributed by atoms with Crippen LogP contribution in [0.4, 0.5) is 0 Å². The van der Waals surface area contributed by atoms with Crippen LogP contribution in [0.15, 0.2) is 11.6 Å². The van der Waals surface area contributed by atoms with Crippen LogP contribution in [0.5, 0.6) is 0 Å². The summed E-state index contributed by atoms with van der Waals surface area (Å²) >= 11 is 0. The van der Waals surface area contributed by atoms with Gasteiger partial charge in [-0.2, -0.15) is 0 Å². The largest absolute Gasteiger partial charge is 0.478 e. The highest BCUT2D eigenvalue weighted by Gasteiger charge is 2.27. The lowest BCUT2D eigenvalue weighted by Gasteiger charge is -2.21. The van der Waals surface area contributed by atoms with Crippen LogP contribution in [0.3, 0.4) is 0 Å². The number of allylic oxidation sites excluding steroid dienone is 1. The molecular formula is C16H29O4P. The van der Waals surface area contributed by atoms with Gasteiger partial charge in [-0.25, -0.2) is 4.79 Å². The average Bonchev–Trinajstić information content (AvgIpc) is 2.46. The third kappa shape index (κ3) is 6.80. The van der Waals surface area contributed by atoms with Crippen molar-refractivity contribution in [3.8, 4) is 0 Å². The zero-order valence-corrected chi connectivity index (χ0v) is 14.2. The maximum absolute atomic E-state index is 12.8. The van der Waals surface area contributed by atoms with Crippen LogP contribution in [0.1, 0.15) is 58.8 Å². The van der Waals surface area contributed by atoms with E-state index in [4.69, 9.17) is 4.52 Å². The van der Waals surface area contributed by atoms with E-state index >= 15 is 0 Å². The summed E-state index contributed by atoms with van der Waals surface area (Å²) in [6.07, 6.45) is 9.80. The summed E-state index contributed by atoms with van der Waals surface area (Å²) in [6.45, 7) is 4.22. The zero-order chi connectivity index (χ0) is 15.7. The van der Waals surface area contributed by atoms with Gasteiger partial charge in [0.1, 0.15) is 0 Å². The SMILES string of the molecule is CCCCP(=O)(CC(=CC1CCCCC1)C(=O)O)OCC. The highest BCUT2D eigenvalue weighted by Crippen LogP contribution is 2.49. The van der Waals surface area contributed by atoms with Gasteiger partial charge < -0.3 is 9.63 Å². The number of carboxylic acid groups (broad SMARTS) is 1. The molecule has 0 heterocycles. The molecule has 1 aliphatic carbocycles. The van der Waals surface area contributed by atoms with Gasteiger partial charge in [0.05, 0.1) is 12.8 Å². The van der Waals surface area contributed by atoms with Crippen LogP contribution >= 0.6 is 7.37 Å². The molecule has 1 rings (SSSR count). The monoisotopic (exact) mass is 316 g/mol. The molecule has 0 spiro atoms. The highest BCUT2D eigenvalue weighted by atomic mass is 31.2. The minimum Gasteiger partial charge on any atom is -0.478 e. The molecular weight excluding hydrogens is 287 g/mol. The summed E-state index contributed by atoms with van der Waals surface area (Å²) < 4.78 is 18.3. The van der Waals surface area contributed by atoms with Gasteiger partial charge in [-0.1, -0.05) is 38.7 Å². The van der Waals surface area contributed by atoms with E-state index in [1.165, 1.54) is 6.42 Å². The van der Waals surface area contributed by atoms with Crippen LogP contribution in [0, 0.1) is 5.92 Å². The molecule has 4 nitrogen and oxygen atoms in total. The lowest BCUT2D eigenvalue weighted by atomic mass is 9.88. The Morgan fingerprint density at radius 1 is 1.29 bits per heavy atom. The molecule has 0 bridgehead atoms. The Bertz CT molecular complexity index is 397. The molecule has 1 unspecified atom stereocenters. The van der Waals surface area contributed by atoms with E-state index in [-0.39, 0.29) is 11.7 Å². The molecule has 1 fully saturated rings. The fourth-order valence-electron chi connectivity index (χ4n) is 2.86. The first-order chi connectivity index (χ1) is 10.0. The van der Waals surface area contributed by atoms with Gasteiger partial charge in [-0.15, -0.1) is 0 Å². The van der Waals surface area contributed by atoms with E-state index in [1.807, 2.05) is 19.9 Å². The quantitative estimate of drug-likeness (QED) is 0.495. The molecule has 0 aliphatic heterocycles. The minimum absolute atomic E-state index is 0.0761. The molecule has 5 heteroatoms. The van der Waals surface area contributed by atoms with Crippen molar-refractivity contribution in [3.05, 3.63) is 11.6 Å². The Balaban J connectivity index is 2.80. The Labute approximate surface area is 128 Å². The number of rotatable bonds is 9. The van der Waals surface area contributed by atoms with Crippen molar-refractivity contribution >= 4 is 13.3 Å². The second-order valence-corrected chi connectivity index (χ2v) is 8.51. The summed E-state index contributed by atoms with van der Waals surface area (Å²) in [7, 11) is -2.86. The smallest absolute Gasteiger partial charge is 0.331 e. The highest BCUT2D eigenvalue weighted by molar-refractivity contribution is 7.59. The van der Waals surface area contributed by atoms with Gasteiger partial charge in [0, 0.05) is 11.7 Å². The molecule has 0 saturated heterocycles. The van der Waals surface area contributed by atoms with Gasteiger partial charge in [0.15, 0.2) is 0 Å². The van der Waals surface area contributed by atoms with Gasteiger partial charge in [-0.3, -0.25) is 4.57 Å². The van der Waals surface area contributed by atoms with Crippen molar-refractivity contribution in [2.24, 2.45) is 5.92 Å². The number of hydrogen-bond donors (Lipinski definition) is 1. The predicted molar refractivity (Wildman–Crippen MR) is 86.2 cm³/mol. The first kappa shape index (κ1) is 18.4. The Hall–Kier alpha value is -0.600. The Morgan fingerprint density at radius 3 is 2.48 bits per heavy atom. The van der Waals surface area contributed by atoms with Crippen LogP contribution in [0.2, 0.25) is 0 Å². The molecule has 0 aromatic heterocycles. The van der Waals surface area contributed by atoms with E-state index in [0.717, 1.165) is 38.5 Å². The Morgan fingerprint density at radius 2 is 1.95 bits per heavy atom. The first-order valence-corrected chi connectivity index (χ1v) is 10.2. The van der Waals surface area contributed by atoms with Crippen molar-refractivity contribution in [3.63, 3.8) is 0 Å². The van der Waals surface area contributed by atoms with Crippen molar-refractivity contribution < 1.29 is 19.0 Å². The number of unbranched alkanes of at least 4 members (excludes halogenated alkanes) is 1. The summed E-state index contributed by atoms with van der Waals surface area (Å²) in [5, 5.41) is 9.42. The fourth-order valence-corrected chi connectivity index (χ4v) is 5.27. The molecule has 1 aliphatic rings. The van der Waals surface area contributed by atoms with Crippen molar-refractivity contribution in [1.82, 2.24) is 0 Å². The number of aliphatic carboxylic acids is 1. The first-order valence-electron chi connectivity index (χ1n) is 8.17. The molecule has 0 amide bonds. The standard InChI is InChI=1S/C16H29O4P/c1-3-5-11-21(19,20-4-2)13-15(16(17)18)12-14-9-7-6-8-10-14/h12,14H,3-11,13H2,1-2H3,(H,17,18). The van der Waals surface area contributed by atoms with Crippen LogP contribution in [-0.2, 0) is 13.9 Å². The fraction of sp³-hybridized carbons (Fsp3) is 0.812. The molecule has 21 heavy (non-hydrogen) atoms. The van der Waals surface area contributed by atoms with E-state index < -0.39 is 13.3 Å². The maximum Gasteiger partial charge on any atom is 0.331 e. The van der Waals surface area contributed by atoms with Gasteiger partial charge >= 0.3 is 5.97 Å². The second-order valence-electron chi connectivity index (χ2n) is 5.86. The third-order valence-electron chi connectivity index (χ3n) is 3.99. The molecule has 1 N–H and O–H groups in total. The summed E-state index contributed by atoms with van der Waals surface area (Å²) in [5.41, 5.74) is 0.287. The number of carboxylic acids is 1. The van der Waals surface area contributed by atoms with Crippen molar-refractivity contribution in [1.29, 1.82) is 0 Å². The third-order valence-corrected chi connectivity index (χ3v) is 6.54. The topological polar surface area (TPSA) is 63.6 Å². The predicted octanol–water partition coefficient (Wildman–Crippen LogP) is 4.69. The van der Waals surface area contributed by atoms with Crippen LogP contribution < -0.4 is 0 Å². The number of hydrogen-bond acceptors (Lipinski definition) is 3. The van der Waals surface area contributed by atoms with Crippen LogP contribution in [0.25, 0.3) is 0 Å². The molecule has 0 aromatic carbocycles. The second kappa shape index (κ2) is 9.42. The molecule has 1 atom stereocenters. The van der Waals surface area contributed by atoms with E-state index in [9.17, 15) is 14.5 Å². The average molecular weight is 316 g/mol. The van der Waals surface area contributed by atoms with Gasteiger partial charge in [0.2, 0.25) is 7.37 Å². The molecule has 0 radical (unpaired) electrons. The van der Waals surface area contributed by atoms with Gasteiger partial charge in [0.25, 0.3) is 0 Å². The maximum atomic E-state index is 12.8. The summed E-state index contributed by atoms with van der Waals surface area (Å²) in [6, 6.07) is 0. The van der Waals surface area contributed by atoms with E-state index in [2.05, 4.69) is 0 Å². The Kier molecular flexibility index (Phi) is 8.28. The molecule has 122 valence electrons. The van der Waals surface area contributed by atoms with Crippen molar-refractivity contribution in [2.75, 3.05) is 18.9 Å². The normalized spacial score (nSPS) is 20.2. The summed E-state index contributed by atoms with van der Waals surface area (Å²) in [5.74, 6) is -0.622. The van der Waals surface area contributed by atoms with E-state index in [1.54, 1.807) is 0 Å².